The zero-order valence-corrected chi connectivity index (χ0v) is 16.1. The van der Waals surface area contributed by atoms with Crippen LogP contribution >= 0.6 is 0 Å². The summed E-state index contributed by atoms with van der Waals surface area (Å²) in [4.78, 5) is 27.0. The molecule has 138 valence electrons. The third kappa shape index (κ3) is 4.74. The molecule has 1 aromatic carbocycles. The maximum Gasteiger partial charge on any atom is 0.408 e. The Hall–Kier alpha value is -2.04. The van der Waals surface area contributed by atoms with Gasteiger partial charge in [-0.25, -0.2) is 4.79 Å². The van der Waals surface area contributed by atoms with E-state index in [4.69, 9.17) is 4.74 Å². The van der Waals surface area contributed by atoms with Gasteiger partial charge in [0.2, 0.25) is 5.91 Å². The molecular formula is C20H30N2O3. The summed E-state index contributed by atoms with van der Waals surface area (Å²) in [6, 6.07) is 9.40. The van der Waals surface area contributed by atoms with Gasteiger partial charge in [0.15, 0.2) is 0 Å². The molecule has 0 spiro atoms. The summed E-state index contributed by atoms with van der Waals surface area (Å²) in [5, 5.41) is 2.80. The van der Waals surface area contributed by atoms with Gasteiger partial charge in [0.25, 0.3) is 0 Å². The Balaban J connectivity index is 2.16. The summed E-state index contributed by atoms with van der Waals surface area (Å²) in [6.07, 6.45) is -0.536. The van der Waals surface area contributed by atoms with Crippen molar-refractivity contribution >= 4 is 12.0 Å². The number of hydrogen-bond donors (Lipinski definition) is 1. The standard InChI is InChI=1S/C20H30N2O3/c1-13(2)16-12-22(14(3)15-10-8-7-9-11-15)18(23)17(16)21-19(24)25-20(4,5)6/h7-11,13-14,16-17H,12H2,1-6H3,(H,21,24). The molecule has 3 unspecified atom stereocenters. The molecule has 2 rings (SSSR count). The highest BCUT2D eigenvalue weighted by Gasteiger charge is 2.44. The lowest BCUT2D eigenvalue weighted by Gasteiger charge is -2.25. The van der Waals surface area contributed by atoms with Crippen LogP contribution in [0.2, 0.25) is 0 Å². The average molecular weight is 346 g/mol. The Morgan fingerprint density at radius 3 is 2.32 bits per heavy atom. The molecule has 1 aromatic rings. The minimum absolute atomic E-state index is 0.0274. The van der Waals surface area contributed by atoms with E-state index in [9.17, 15) is 9.59 Å². The number of nitrogens with one attached hydrogen (secondary N) is 1. The summed E-state index contributed by atoms with van der Waals surface area (Å²) < 4.78 is 5.34. The maximum atomic E-state index is 13.0. The van der Waals surface area contributed by atoms with Crippen molar-refractivity contribution in [2.24, 2.45) is 11.8 Å². The predicted octanol–water partition coefficient (Wildman–Crippen LogP) is 3.76. The van der Waals surface area contributed by atoms with Crippen molar-refractivity contribution in [1.82, 2.24) is 10.2 Å². The van der Waals surface area contributed by atoms with Gasteiger partial charge in [-0.3, -0.25) is 4.79 Å². The second-order valence-corrected chi connectivity index (χ2v) is 8.11. The van der Waals surface area contributed by atoms with E-state index in [1.165, 1.54) is 0 Å². The number of carbonyl (C=O) groups excluding carboxylic acids is 2. The number of carbonyl (C=O) groups is 2. The third-order valence-corrected chi connectivity index (χ3v) is 4.66. The molecule has 1 saturated heterocycles. The van der Waals surface area contributed by atoms with E-state index in [1.807, 2.05) is 62.9 Å². The fourth-order valence-electron chi connectivity index (χ4n) is 3.24. The van der Waals surface area contributed by atoms with Gasteiger partial charge in [-0.2, -0.15) is 0 Å². The van der Waals surface area contributed by atoms with Crippen LogP contribution in [0.3, 0.4) is 0 Å². The molecule has 5 heteroatoms. The average Bonchev–Trinajstić information content (AvgIpc) is 2.83. The molecule has 0 bridgehead atoms. The molecule has 25 heavy (non-hydrogen) atoms. The van der Waals surface area contributed by atoms with Gasteiger partial charge in [0, 0.05) is 12.5 Å². The quantitative estimate of drug-likeness (QED) is 0.903. The number of nitrogens with zero attached hydrogens (tertiary/aromatic N) is 1. The van der Waals surface area contributed by atoms with Crippen LogP contribution in [0.5, 0.6) is 0 Å². The number of rotatable bonds is 4. The third-order valence-electron chi connectivity index (χ3n) is 4.66. The fraction of sp³-hybridized carbons (Fsp3) is 0.600. The van der Waals surface area contributed by atoms with E-state index in [-0.39, 0.29) is 23.8 Å². The van der Waals surface area contributed by atoms with Crippen LogP contribution in [0.4, 0.5) is 4.79 Å². The zero-order chi connectivity index (χ0) is 18.8. The molecule has 0 aromatic heterocycles. The molecule has 1 aliphatic heterocycles. The lowest BCUT2D eigenvalue weighted by Crippen LogP contribution is -2.47. The monoisotopic (exact) mass is 346 g/mol. The van der Waals surface area contributed by atoms with E-state index in [0.717, 1.165) is 5.56 Å². The highest BCUT2D eigenvalue weighted by molar-refractivity contribution is 5.88. The highest BCUT2D eigenvalue weighted by atomic mass is 16.6. The second kappa shape index (κ2) is 7.46. The van der Waals surface area contributed by atoms with E-state index in [1.54, 1.807) is 0 Å². The summed E-state index contributed by atoms with van der Waals surface area (Å²) in [5.41, 5.74) is 0.507. The van der Waals surface area contributed by atoms with Crippen LogP contribution in [-0.4, -0.2) is 35.1 Å². The van der Waals surface area contributed by atoms with Crippen molar-refractivity contribution in [3.05, 3.63) is 35.9 Å². The molecule has 3 atom stereocenters. The first-order valence-corrected chi connectivity index (χ1v) is 8.95. The Morgan fingerprint density at radius 1 is 1.20 bits per heavy atom. The van der Waals surface area contributed by atoms with Crippen LogP contribution in [0.25, 0.3) is 0 Å². The minimum Gasteiger partial charge on any atom is -0.444 e. The topological polar surface area (TPSA) is 58.6 Å². The Bertz CT molecular complexity index is 607. The molecule has 1 heterocycles. The molecule has 0 saturated carbocycles. The molecule has 5 nitrogen and oxygen atoms in total. The van der Waals surface area contributed by atoms with Crippen LogP contribution in [0.1, 0.15) is 53.1 Å². The van der Waals surface area contributed by atoms with Crippen molar-refractivity contribution < 1.29 is 14.3 Å². The van der Waals surface area contributed by atoms with Gasteiger partial charge >= 0.3 is 6.09 Å². The largest absolute Gasteiger partial charge is 0.444 e. The first-order valence-electron chi connectivity index (χ1n) is 8.95. The summed E-state index contributed by atoms with van der Waals surface area (Å²) in [5.74, 6) is 0.295. The number of ether oxygens (including phenoxy) is 1. The van der Waals surface area contributed by atoms with Gasteiger partial charge in [-0.1, -0.05) is 44.2 Å². The van der Waals surface area contributed by atoms with Crippen molar-refractivity contribution in [2.45, 2.75) is 59.2 Å². The van der Waals surface area contributed by atoms with E-state index in [0.29, 0.717) is 6.54 Å². The van der Waals surface area contributed by atoms with E-state index >= 15 is 0 Å². The first kappa shape index (κ1) is 19.3. The molecular weight excluding hydrogens is 316 g/mol. The lowest BCUT2D eigenvalue weighted by atomic mass is 9.91. The summed E-state index contributed by atoms with van der Waals surface area (Å²) >= 11 is 0. The maximum absolute atomic E-state index is 13.0. The number of likely N-dealkylation sites (tertiary alicyclic amines) is 1. The smallest absolute Gasteiger partial charge is 0.408 e. The van der Waals surface area contributed by atoms with Gasteiger partial charge in [-0.05, 0) is 39.2 Å². The molecule has 1 N–H and O–H groups in total. The first-order chi connectivity index (χ1) is 11.6. The molecule has 0 aliphatic carbocycles. The molecule has 1 aliphatic rings. The number of amides is 2. The number of hydrogen-bond acceptors (Lipinski definition) is 3. The number of alkyl carbamates (subject to hydrolysis) is 1. The SMILES string of the molecule is CC(C)C1CN(C(C)c2ccccc2)C(=O)C1NC(=O)OC(C)(C)C. The van der Waals surface area contributed by atoms with Crippen LogP contribution in [-0.2, 0) is 9.53 Å². The molecule has 2 amide bonds. The normalized spacial score (nSPS) is 22.2. The Morgan fingerprint density at radius 2 is 1.80 bits per heavy atom. The van der Waals surface area contributed by atoms with Crippen molar-refractivity contribution in [2.75, 3.05) is 6.54 Å². The van der Waals surface area contributed by atoms with E-state index in [2.05, 4.69) is 19.2 Å². The Labute approximate surface area is 150 Å². The lowest BCUT2D eigenvalue weighted by molar-refractivity contribution is -0.131. The van der Waals surface area contributed by atoms with Crippen LogP contribution in [0.15, 0.2) is 30.3 Å². The highest BCUT2D eigenvalue weighted by Crippen LogP contribution is 2.32. The molecule has 0 radical (unpaired) electrons. The minimum atomic E-state index is -0.587. The molecule has 1 fully saturated rings. The van der Waals surface area contributed by atoms with Crippen LogP contribution in [0, 0.1) is 11.8 Å². The van der Waals surface area contributed by atoms with Crippen LogP contribution < -0.4 is 5.32 Å². The second-order valence-electron chi connectivity index (χ2n) is 8.11. The fourth-order valence-corrected chi connectivity index (χ4v) is 3.24. The Kier molecular flexibility index (Phi) is 5.76. The predicted molar refractivity (Wildman–Crippen MR) is 98.1 cm³/mol. The van der Waals surface area contributed by atoms with Gasteiger partial charge in [-0.15, -0.1) is 0 Å². The van der Waals surface area contributed by atoms with Crippen molar-refractivity contribution in [3.8, 4) is 0 Å². The number of benzene rings is 1. The van der Waals surface area contributed by atoms with Gasteiger partial charge in [0.05, 0.1) is 6.04 Å². The van der Waals surface area contributed by atoms with Gasteiger partial charge in [0.1, 0.15) is 11.6 Å². The summed E-state index contributed by atoms with van der Waals surface area (Å²) in [6.45, 7) is 12.3. The van der Waals surface area contributed by atoms with E-state index < -0.39 is 17.7 Å². The van der Waals surface area contributed by atoms with Crippen molar-refractivity contribution in [3.63, 3.8) is 0 Å². The zero-order valence-electron chi connectivity index (χ0n) is 16.1. The van der Waals surface area contributed by atoms with Gasteiger partial charge < -0.3 is 15.0 Å². The summed E-state index contributed by atoms with van der Waals surface area (Å²) in [7, 11) is 0. The van der Waals surface area contributed by atoms with Crippen molar-refractivity contribution in [1.29, 1.82) is 0 Å².